The van der Waals surface area contributed by atoms with Crippen molar-refractivity contribution in [2.75, 3.05) is 25.0 Å². The molecule has 0 amide bonds. The van der Waals surface area contributed by atoms with Crippen molar-refractivity contribution >= 4 is 15.7 Å². The summed E-state index contributed by atoms with van der Waals surface area (Å²) in [5.74, 6) is 0. The second-order valence-electron chi connectivity index (χ2n) is 4.20. The van der Waals surface area contributed by atoms with E-state index in [0.29, 0.717) is 18.8 Å². The highest BCUT2D eigenvalue weighted by Gasteiger charge is 2.25. The molecule has 0 unspecified atom stereocenters. The molecule has 0 aliphatic carbocycles. The summed E-state index contributed by atoms with van der Waals surface area (Å²) in [6.45, 7) is 4.97. The van der Waals surface area contributed by atoms with Gasteiger partial charge < -0.3 is 5.32 Å². The van der Waals surface area contributed by atoms with Crippen LogP contribution in [0.2, 0.25) is 0 Å². The van der Waals surface area contributed by atoms with Gasteiger partial charge in [-0.15, -0.1) is 0 Å². The van der Waals surface area contributed by atoms with Crippen molar-refractivity contribution in [3.8, 4) is 6.07 Å². The minimum Gasteiger partial charge on any atom is -0.384 e. The average molecular weight is 296 g/mol. The van der Waals surface area contributed by atoms with E-state index in [1.165, 1.54) is 10.5 Å². The van der Waals surface area contributed by atoms with Gasteiger partial charge in [0.1, 0.15) is 4.90 Å². The van der Waals surface area contributed by atoms with Gasteiger partial charge in [0.15, 0.2) is 0 Å². The zero-order chi connectivity index (χ0) is 15.0. The van der Waals surface area contributed by atoms with Gasteiger partial charge in [0.25, 0.3) is 0 Å². The van der Waals surface area contributed by atoms with Crippen LogP contribution in [-0.2, 0) is 10.0 Å². The van der Waals surface area contributed by atoms with Gasteiger partial charge >= 0.3 is 0 Å². The Morgan fingerprint density at radius 3 is 2.80 bits per heavy atom. The maximum Gasteiger partial charge on any atom is 0.246 e. The largest absolute Gasteiger partial charge is 0.384 e. The van der Waals surface area contributed by atoms with Crippen LogP contribution in [0.1, 0.15) is 26.7 Å². The third-order valence-corrected chi connectivity index (χ3v) is 4.80. The first kappa shape index (κ1) is 16.4. The molecule has 1 N–H and O–H groups in total. The van der Waals surface area contributed by atoms with Crippen LogP contribution in [0.5, 0.6) is 0 Å². The predicted molar refractivity (Wildman–Crippen MR) is 77.7 cm³/mol. The molecule has 0 saturated carbocycles. The lowest BCUT2D eigenvalue weighted by Crippen LogP contribution is -2.32. The fourth-order valence-corrected chi connectivity index (χ4v) is 3.32. The van der Waals surface area contributed by atoms with Gasteiger partial charge in [-0.25, -0.2) is 8.42 Å². The van der Waals surface area contributed by atoms with Crippen LogP contribution in [0.3, 0.4) is 0 Å². The summed E-state index contributed by atoms with van der Waals surface area (Å²) >= 11 is 0. The van der Waals surface area contributed by atoms with E-state index < -0.39 is 10.0 Å². The molecule has 0 aliphatic rings. The highest BCUT2D eigenvalue weighted by atomic mass is 32.2. The molecule has 7 heteroatoms. The Morgan fingerprint density at radius 2 is 2.20 bits per heavy atom. The molecule has 0 spiro atoms. The highest BCUT2D eigenvalue weighted by molar-refractivity contribution is 7.89. The maximum atomic E-state index is 12.6. The number of pyridine rings is 1. The Morgan fingerprint density at radius 1 is 1.45 bits per heavy atom. The lowest BCUT2D eigenvalue weighted by Gasteiger charge is -2.21. The summed E-state index contributed by atoms with van der Waals surface area (Å²) in [6, 6.07) is 3.62. The molecule has 0 fully saturated rings. The maximum absolute atomic E-state index is 12.6. The summed E-state index contributed by atoms with van der Waals surface area (Å²) in [7, 11) is -3.63. The SMILES string of the molecule is CCCNc1ccncc1S(=O)(=O)N(CC)CCC#N. The second kappa shape index (κ2) is 7.82. The number of hydrogen-bond donors (Lipinski definition) is 1. The molecular formula is C13H20N4O2S. The zero-order valence-corrected chi connectivity index (χ0v) is 12.7. The molecule has 0 atom stereocenters. The number of nitrogens with zero attached hydrogens (tertiary/aromatic N) is 3. The molecule has 0 saturated heterocycles. The van der Waals surface area contributed by atoms with Gasteiger partial charge in [-0.1, -0.05) is 13.8 Å². The molecule has 20 heavy (non-hydrogen) atoms. The van der Waals surface area contributed by atoms with E-state index in [1.807, 2.05) is 13.0 Å². The number of sulfonamides is 1. The zero-order valence-electron chi connectivity index (χ0n) is 11.8. The first-order chi connectivity index (χ1) is 9.57. The van der Waals surface area contributed by atoms with Crippen LogP contribution in [0.4, 0.5) is 5.69 Å². The van der Waals surface area contributed by atoms with Crippen LogP contribution in [0, 0.1) is 11.3 Å². The molecule has 1 rings (SSSR count). The van der Waals surface area contributed by atoms with Crippen LogP contribution in [-0.4, -0.2) is 37.3 Å². The number of aromatic nitrogens is 1. The number of nitriles is 1. The van der Waals surface area contributed by atoms with Crippen molar-refractivity contribution in [2.24, 2.45) is 0 Å². The number of anilines is 1. The van der Waals surface area contributed by atoms with E-state index >= 15 is 0 Å². The standard InChI is InChI=1S/C13H20N4O2S/c1-3-8-16-12-6-9-15-11-13(12)20(18,19)17(4-2)10-5-7-14/h6,9,11H,3-5,8,10H2,1-2H3,(H,15,16). The fourth-order valence-electron chi connectivity index (χ4n) is 1.75. The van der Waals surface area contributed by atoms with Gasteiger partial charge in [-0.2, -0.15) is 9.57 Å². The van der Waals surface area contributed by atoms with Crippen molar-refractivity contribution in [1.29, 1.82) is 5.26 Å². The van der Waals surface area contributed by atoms with Crippen LogP contribution < -0.4 is 5.32 Å². The lowest BCUT2D eigenvalue weighted by atomic mass is 10.4. The monoisotopic (exact) mass is 296 g/mol. The molecule has 110 valence electrons. The van der Waals surface area contributed by atoms with E-state index in [9.17, 15) is 8.42 Å². The molecule has 6 nitrogen and oxygen atoms in total. The average Bonchev–Trinajstić information content (AvgIpc) is 2.46. The van der Waals surface area contributed by atoms with E-state index in [2.05, 4.69) is 10.3 Å². The van der Waals surface area contributed by atoms with Gasteiger partial charge in [0.2, 0.25) is 10.0 Å². The topological polar surface area (TPSA) is 86.1 Å². The Labute approximate surface area is 120 Å². The Kier molecular flexibility index (Phi) is 6.42. The summed E-state index contributed by atoms with van der Waals surface area (Å²) in [4.78, 5) is 4.07. The smallest absolute Gasteiger partial charge is 0.246 e. The van der Waals surface area contributed by atoms with Gasteiger partial charge in [0.05, 0.1) is 11.8 Å². The van der Waals surface area contributed by atoms with Crippen LogP contribution in [0.15, 0.2) is 23.4 Å². The predicted octanol–water partition coefficient (Wildman–Crippen LogP) is 1.83. The Hall–Kier alpha value is -1.65. The molecule has 1 heterocycles. The summed E-state index contributed by atoms with van der Waals surface area (Å²) in [6.07, 6.45) is 3.98. The van der Waals surface area contributed by atoms with E-state index in [0.717, 1.165) is 6.42 Å². The summed E-state index contributed by atoms with van der Waals surface area (Å²) < 4.78 is 26.5. The molecule has 0 radical (unpaired) electrons. The minimum atomic E-state index is -3.63. The molecule has 1 aromatic rings. The second-order valence-corrected chi connectivity index (χ2v) is 6.11. The van der Waals surface area contributed by atoms with Crippen molar-refractivity contribution in [3.05, 3.63) is 18.5 Å². The van der Waals surface area contributed by atoms with Crippen molar-refractivity contribution in [3.63, 3.8) is 0 Å². The molecule has 0 aliphatic heterocycles. The molecule has 0 aromatic carbocycles. The number of hydrogen-bond acceptors (Lipinski definition) is 5. The van der Waals surface area contributed by atoms with Crippen LogP contribution in [0.25, 0.3) is 0 Å². The normalized spacial score (nSPS) is 11.3. The quantitative estimate of drug-likeness (QED) is 0.791. The van der Waals surface area contributed by atoms with Crippen LogP contribution >= 0.6 is 0 Å². The van der Waals surface area contributed by atoms with Gasteiger partial charge in [-0.05, 0) is 12.5 Å². The molecule has 1 aromatic heterocycles. The summed E-state index contributed by atoms with van der Waals surface area (Å²) in [5, 5.41) is 11.7. The molecular weight excluding hydrogens is 276 g/mol. The lowest BCUT2D eigenvalue weighted by molar-refractivity contribution is 0.435. The van der Waals surface area contributed by atoms with Crippen molar-refractivity contribution in [1.82, 2.24) is 9.29 Å². The van der Waals surface area contributed by atoms with E-state index in [-0.39, 0.29) is 17.9 Å². The van der Waals surface area contributed by atoms with Gasteiger partial charge in [-0.3, -0.25) is 4.98 Å². The number of nitrogens with one attached hydrogen (secondary N) is 1. The Bertz CT molecular complexity index is 566. The molecule has 0 bridgehead atoms. The van der Waals surface area contributed by atoms with E-state index in [1.54, 1.807) is 19.2 Å². The van der Waals surface area contributed by atoms with Crippen molar-refractivity contribution < 1.29 is 8.42 Å². The van der Waals surface area contributed by atoms with Gasteiger partial charge in [0, 0.05) is 38.4 Å². The third-order valence-electron chi connectivity index (χ3n) is 2.79. The fraction of sp³-hybridized carbons (Fsp3) is 0.538. The first-order valence-corrected chi connectivity index (χ1v) is 8.06. The van der Waals surface area contributed by atoms with E-state index in [4.69, 9.17) is 5.26 Å². The number of rotatable bonds is 8. The Balaban J connectivity index is 3.10. The minimum absolute atomic E-state index is 0.160. The highest BCUT2D eigenvalue weighted by Crippen LogP contribution is 2.23. The third kappa shape index (κ3) is 3.92. The van der Waals surface area contributed by atoms with Crippen molar-refractivity contribution in [2.45, 2.75) is 31.6 Å². The first-order valence-electron chi connectivity index (χ1n) is 6.62. The summed E-state index contributed by atoms with van der Waals surface area (Å²) in [5.41, 5.74) is 0.553.